The zero-order valence-corrected chi connectivity index (χ0v) is 35.5. The van der Waals surface area contributed by atoms with Crippen molar-refractivity contribution in [1.82, 2.24) is 24.7 Å². The summed E-state index contributed by atoms with van der Waals surface area (Å²) in [6, 6.07) is 16.8. The summed E-state index contributed by atoms with van der Waals surface area (Å²) < 4.78 is 114. The lowest BCUT2D eigenvalue weighted by atomic mass is 9.96. The van der Waals surface area contributed by atoms with Gasteiger partial charge in [-0.05, 0) is 105 Å². The van der Waals surface area contributed by atoms with Gasteiger partial charge in [-0.25, -0.2) is 18.4 Å². The van der Waals surface area contributed by atoms with Crippen LogP contribution in [-0.4, -0.2) is 56.4 Å². The quantitative estimate of drug-likeness (QED) is 0.0887. The summed E-state index contributed by atoms with van der Waals surface area (Å²) in [7, 11) is 1.80. The van der Waals surface area contributed by atoms with E-state index in [1.807, 2.05) is 17.0 Å². The van der Waals surface area contributed by atoms with Gasteiger partial charge in [-0.1, -0.05) is 24.3 Å². The third-order valence-corrected chi connectivity index (χ3v) is 11.8. The minimum Gasteiger partial charge on any atom is -0.494 e. The molecular formula is C47H37F8N9O4. The average molecular weight is 944 g/mol. The van der Waals surface area contributed by atoms with Crippen molar-refractivity contribution in [2.45, 2.75) is 50.4 Å². The molecule has 2 unspecified atom stereocenters. The van der Waals surface area contributed by atoms with Crippen LogP contribution in [0.4, 0.5) is 67.5 Å². The number of amides is 4. The molecule has 6 aromatic rings. The number of nitrogens with zero attached hydrogens (tertiary/aromatic N) is 7. The van der Waals surface area contributed by atoms with Gasteiger partial charge in [0.05, 0.1) is 80.4 Å². The number of rotatable bonds is 12. The number of urea groups is 2. The third-order valence-electron chi connectivity index (χ3n) is 11.8. The summed E-state index contributed by atoms with van der Waals surface area (Å²) in [6.45, 7) is 1.14. The molecule has 350 valence electrons. The minimum absolute atomic E-state index is 0.0417. The van der Waals surface area contributed by atoms with E-state index >= 15 is 0 Å². The summed E-state index contributed by atoms with van der Waals surface area (Å²) in [4.78, 5) is 31.1. The summed E-state index contributed by atoms with van der Waals surface area (Å²) in [5.41, 5.74) is -1.87. The monoisotopic (exact) mass is 943 g/mol. The molecule has 2 aromatic heterocycles. The number of halogens is 8. The number of fused-ring (bicyclic) bond motifs is 2. The number of aromatic hydroxyl groups is 2. The maximum atomic E-state index is 14.3. The number of benzene rings is 4. The molecule has 0 radical (unpaired) electrons. The molecule has 4 amide bonds. The number of anilines is 4. The molecule has 4 N–H and O–H groups in total. The van der Waals surface area contributed by atoms with Crippen molar-refractivity contribution in [2.24, 2.45) is 0 Å². The van der Waals surface area contributed by atoms with E-state index in [2.05, 4.69) is 10.6 Å². The summed E-state index contributed by atoms with van der Waals surface area (Å²) >= 11 is 0. The topological polar surface area (TPSA) is 166 Å². The number of carbonyl (C=O) groups is 2. The summed E-state index contributed by atoms with van der Waals surface area (Å²) in [5.74, 6) is -3.68. The van der Waals surface area contributed by atoms with E-state index in [-0.39, 0.29) is 58.7 Å². The van der Waals surface area contributed by atoms with E-state index in [0.717, 1.165) is 21.9 Å². The van der Waals surface area contributed by atoms with Gasteiger partial charge in [0.15, 0.2) is 11.8 Å². The molecule has 2 atom stereocenters. The molecule has 0 spiro atoms. The normalized spacial score (nSPS) is 15.9. The van der Waals surface area contributed by atoms with Crippen molar-refractivity contribution in [3.05, 3.63) is 153 Å². The van der Waals surface area contributed by atoms with Crippen LogP contribution in [0.3, 0.4) is 0 Å². The van der Waals surface area contributed by atoms with Crippen LogP contribution < -0.4 is 20.4 Å². The van der Waals surface area contributed by atoms with E-state index in [1.54, 1.807) is 31.3 Å². The second-order valence-electron chi connectivity index (χ2n) is 16.1. The first-order chi connectivity index (χ1) is 32.3. The fourth-order valence-corrected chi connectivity index (χ4v) is 8.47. The van der Waals surface area contributed by atoms with Gasteiger partial charge in [0.25, 0.3) is 0 Å². The molecule has 0 bridgehead atoms. The molecule has 13 nitrogen and oxygen atoms in total. The Bertz CT molecular complexity index is 2810. The number of aromatic nitrogens is 2. The van der Waals surface area contributed by atoms with Crippen LogP contribution in [0.2, 0.25) is 0 Å². The number of hydrogen-bond acceptors (Lipinski definition) is 7. The highest BCUT2D eigenvalue weighted by Gasteiger charge is 2.42. The number of carbonyl (C=O) groups excluding carboxylic acids is 2. The fraction of sp³-hybridized carbons (Fsp3) is 0.234. The average Bonchev–Trinajstić information content (AvgIpc) is 3.80. The molecule has 2 aliphatic rings. The van der Waals surface area contributed by atoms with E-state index in [9.17, 15) is 65.4 Å². The molecule has 8 rings (SSSR count). The Balaban J connectivity index is 1.01. The van der Waals surface area contributed by atoms with E-state index in [4.69, 9.17) is 0 Å². The first-order valence-corrected chi connectivity index (χ1v) is 20.8. The first kappa shape index (κ1) is 46.5. The highest BCUT2D eigenvalue weighted by atomic mass is 19.4. The SMILES string of the molecule is CN(CCCn1cc2c(c1O)C(c1ccc(C#N)cc1)NC(=O)N2c1ccc(F)c(C(F)(F)F)c1)CCCn1cc2c(c1O)C(c1ccc(C#N)cc1)NC(=O)N2c1ccc(F)c(C(F)(F)F)c1. The molecule has 2 aliphatic heterocycles. The van der Waals surface area contributed by atoms with E-state index in [0.29, 0.717) is 72.5 Å². The summed E-state index contributed by atoms with van der Waals surface area (Å²) in [5, 5.41) is 47.3. The number of nitrogens with one attached hydrogen (secondary N) is 2. The van der Waals surface area contributed by atoms with Crippen molar-refractivity contribution in [3.8, 4) is 23.9 Å². The molecule has 4 aromatic carbocycles. The van der Waals surface area contributed by atoms with Crippen molar-refractivity contribution in [2.75, 3.05) is 29.9 Å². The second-order valence-corrected chi connectivity index (χ2v) is 16.1. The van der Waals surface area contributed by atoms with Gasteiger partial charge in [0.2, 0.25) is 0 Å². The van der Waals surface area contributed by atoms with Crippen LogP contribution in [0, 0.1) is 34.3 Å². The Morgan fingerprint density at radius 2 is 0.985 bits per heavy atom. The van der Waals surface area contributed by atoms with Crippen molar-refractivity contribution < 1.29 is 54.9 Å². The smallest absolute Gasteiger partial charge is 0.419 e. The predicted molar refractivity (Wildman–Crippen MR) is 229 cm³/mol. The van der Waals surface area contributed by atoms with Crippen LogP contribution in [0.25, 0.3) is 0 Å². The number of alkyl halides is 6. The van der Waals surface area contributed by atoms with Gasteiger partial charge in [-0.2, -0.15) is 36.9 Å². The van der Waals surface area contributed by atoms with Gasteiger partial charge in [-0.15, -0.1) is 0 Å². The van der Waals surface area contributed by atoms with Gasteiger partial charge in [-0.3, -0.25) is 9.80 Å². The Labute approximate surface area is 381 Å². The minimum atomic E-state index is -5.07. The molecule has 0 aliphatic carbocycles. The Hall–Kier alpha value is -8.04. The maximum absolute atomic E-state index is 14.3. The fourth-order valence-electron chi connectivity index (χ4n) is 8.47. The number of hydrogen-bond donors (Lipinski definition) is 4. The van der Waals surface area contributed by atoms with Crippen LogP contribution >= 0.6 is 0 Å². The second kappa shape index (κ2) is 18.0. The molecule has 0 fully saturated rings. The van der Waals surface area contributed by atoms with Gasteiger partial charge < -0.3 is 34.9 Å². The lowest BCUT2D eigenvalue weighted by Crippen LogP contribution is -2.44. The number of aryl methyl sites for hydroxylation is 2. The molecule has 0 saturated carbocycles. The largest absolute Gasteiger partial charge is 0.494 e. The predicted octanol–water partition coefficient (Wildman–Crippen LogP) is 10.1. The molecule has 4 heterocycles. The lowest BCUT2D eigenvalue weighted by molar-refractivity contribution is -0.140. The molecule has 0 saturated heterocycles. The molecule has 21 heteroatoms. The van der Waals surface area contributed by atoms with Crippen molar-refractivity contribution in [3.63, 3.8) is 0 Å². The highest BCUT2D eigenvalue weighted by molar-refractivity contribution is 6.04. The van der Waals surface area contributed by atoms with Gasteiger partial charge >= 0.3 is 24.4 Å². The van der Waals surface area contributed by atoms with E-state index in [1.165, 1.54) is 45.8 Å². The zero-order chi connectivity index (χ0) is 48.8. The standard InChI is InChI=1S/C47H37F8N9O4/c1-60(16-2-18-61-24-36-38(42(61)65)40(28-8-4-26(22-56)5-9-28)58-44(67)63(36)30-12-14-34(48)32(20-30)46(50,51)52)17-3-19-62-25-37-39(43(62)66)41(29-10-6-27(23-57)7-11-29)59-45(68)64(37)31-13-15-35(49)33(21-31)47(53,54)55/h4-15,20-21,24-25,40-41,65-66H,2-3,16-19H2,1H3,(H,58,67)(H,59,68). The first-order valence-electron chi connectivity index (χ1n) is 20.8. The van der Waals surface area contributed by atoms with Crippen LogP contribution in [0.15, 0.2) is 97.3 Å². The zero-order valence-electron chi connectivity index (χ0n) is 35.5. The van der Waals surface area contributed by atoms with E-state index < -0.39 is 59.3 Å². The van der Waals surface area contributed by atoms with Crippen LogP contribution in [-0.2, 0) is 25.4 Å². The lowest BCUT2D eigenvalue weighted by Gasteiger charge is -2.33. The molecular weight excluding hydrogens is 907 g/mol. The van der Waals surface area contributed by atoms with Crippen molar-refractivity contribution >= 4 is 34.8 Å². The molecule has 68 heavy (non-hydrogen) atoms. The Morgan fingerprint density at radius 1 is 0.618 bits per heavy atom. The third kappa shape index (κ3) is 8.83. The Morgan fingerprint density at radius 3 is 1.32 bits per heavy atom. The van der Waals surface area contributed by atoms with Crippen molar-refractivity contribution in [1.29, 1.82) is 10.5 Å². The highest BCUT2D eigenvalue weighted by Crippen LogP contribution is 2.48. The van der Waals surface area contributed by atoms with Crippen LogP contribution in [0.5, 0.6) is 11.8 Å². The van der Waals surface area contributed by atoms with Gasteiger partial charge in [0, 0.05) is 25.5 Å². The maximum Gasteiger partial charge on any atom is 0.419 e. The number of nitriles is 2. The summed E-state index contributed by atoms with van der Waals surface area (Å²) in [6.07, 6.45) is -6.53. The van der Waals surface area contributed by atoms with Crippen LogP contribution in [0.1, 0.15) is 69.4 Å². The van der Waals surface area contributed by atoms with Gasteiger partial charge in [0.1, 0.15) is 11.6 Å². The Kier molecular flexibility index (Phi) is 12.3.